The van der Waals surface area contributed by atoms with Crippen molar-refractivity contribution in [3.63, 3.8) is 0 Å². The maximum Gasteiger partial charge on any atom is 0.0710 e. The quantitative estimate of drug-likeness (QED) is 0.721. The molecule has 0 radical (unpaired) electrons. The van der Waals surface area contributed by atoms with Gasteiger partial charge in [-0.2, -0.15) is 5.10 Å². The Morgan fingerprint density at radius 1 is 1.24 bits per heavy atom. The van der Waals surface area contributed by atoms with Crippen LogP contribution in [0.4, 0.5) is 0 Å². The Morgan fingerprint density at radius 2 is 2.08 bits per heavy atom. The molecule has 0 aliphatic carbocycles. The van der Waals surface area contributed by atoms with E-state index in [2.05, 4.69) is 39.2 Å². The van der Waals surface area contributed by atoms with E-state index in [1.807, 2.05) is 24.5 Å². The minimum atomic E-state index is 0.355. The highest BCUT2D eigenvalue weighted by atomic mass is 16.5. The zero-order valence-electron chi connectivity index (χ0n) is 15.2. The zero-order valence-corrected chi connectivity index (χ0v) is 15.2. The fraction of sp³-hybridized carbons (Fsp3) is 0.579. The molecule has 3 heterocycles. The highest BCUT2D eigenvalue weighted by Gasteiger charge is 2.21. The molecule has 0 amide bonds. The highest BCUT2D eigenvalue weighted by molar-refractivity contribution is 5.61. The maximum atomic E-state index is 5.78. The minimum Gasteiger partial charge on any atom is -0.373 e. The third kappa shape index (κ3) is 5.36. The number of nitrogens with zero attached hydrogens (tertiary/aromatic N) is 3. The van der Waals surface area contributed by atoms with Gasteiger partial charge in [-0.05, 0) is 51.9 Å². The van der Waals surface area contributed by atoms with Crippen LogP contribution in [0.3, 0.4) is 0 Å². The molecule has 3 rings (SSSR count). The molecule has 1 saturated heterocycles. The number of H-pyrrole nitrogens is 1. The molecule has 0 saturated carbocycles. The molecular formula is C19H29N5O. The summed E-state index contributed by atoms with van der Waals surface area (Å²) in [6.07, 6.45) is 8.65. The lowest BCUT2D eigenvalue weighted by molar-refractivity contribution is -0.0681. The van der Waals surface area contributed by atoms with Crippen molar-refractivity contribution >= 4 is 0 Å². The van der Waals surface area contributed by atoms with Gasteiger partial charge >= 0.3 is 0 Å². The van der Waals surface area contributed by atoms with Crippen LogP contribution in [0, 0.1) is 0 Å². The van der Waals surface area contributed by atoms with Gasteiger partial charge in [0.15, 0.2) is 0 Å². The van der Waals surface area contributed by atoms with Crippen molar-refractivity contribution in [3.8, 4) is 11.3 Å². The molecule has 0 aromatic carbocycles. The second-order valence-corrected chi connectivity index (χ2v) is 6.91. The van der Waals surface area contributed by atoms with Gasteiger partial charge in [-0.3, -0.25) is 15.0 Å². The van der Waals surface area contributed by atoms with E-state index < -0.39 is 0 Å². The number of pyridine rings is 1. The van der Waals surface area contributed by atoms with Gasteiger partial charge in [-0.15, -0.1) is 0 Å². The van der Waals surface area contributed by atoms with Crippen LogP contribution in [0.1, 0.15) is 32.3 Å². The van der Waals surface area contributed by atoms with Crippen LogP contribution in [0.5, 0.6) is 0 Å². The van der Waals surface area contributed by atoms with Crippen LogP contribution in [-0.4, -0.2) is 58.5 Å². The molecule has 1 fully saturated rings. The summed E-state index contributed by atoms with van der Waals surface area (Å²) in [5, 5.41) is 10.8. The summed E-state index contributed by atoms with van der Waals surface area (Å²) in [5.74, 6) is 0. The molecule has 25 heavy (non-hydrogen) atoms. The molecule has 6 heteroatoms. The van der Waals surface area contributed by atoms with Gasteiger partial charge in [0, 0.05) is 43.2 Å². The zero-order chi connectivity index (χ0) is 17.5. The number of unbranched alkanes of at least 4 members (excludes halogenated alkanes) is 1. The third-order valence-electron chi connectivity index (χ3n) is 4.56. The van der Waals surface area contributed by atoms with Crippen molar-refractivity contribution < 1.29 is 4.74 Å². The van der Waals surface area contributed by atoms with Crippen molar-refractivity contribution in [3.05, 3.63) is 36.3 Å². The van der Waals surface area contributed by atoms with Crippen LogP contribution < -0.4 is 5.32 Å². The van der Waals surface area contributed by atoms with E-state index in [4.69, 9.17) is 4.74 Å². The van der Waals surface area contributed by atoms with E-state index in [1.54, 1.807) is 6.20 Å². The monoisotopic (exact) mass is 343 g/mol. The number of rotatable bonds is 8. The number of hydrogen-bond acceptors (Lipinski definition) is 5. The molecule has 2 aromatic rings. The van der Waals surface area contributed by atoms with Gasteiger partial charge in [-0.1, -0.05) is 0 Å². The highest BCUT2D eigenvalue weighted by Crippen LogP contribution is 2.19. The first kappa shape index (κ1) is 18.0. The van der Waals surface area contributed by atoms with Crippen molar-refractivity contribution in [2.75, 3.05) is 26.2 Å². The number of aromatic amines is 1. The predicted octanol–water partition coefficient (Wildman–Crippen LogP) is 2.45. The van der Waals surface area contributed by atoms with Gasteiger partial charge < -0.3 is 10.1 Å². The molecule has 0 unspecified atom stereocenters. The van der Waals surface area contributed by atoms with Crippen LogP contribution in [0.15, 0.2) is 30.7 Å². The van der Waals surface area contributed by atoms with Crippen LogP contribution in [0.2, 0.25) is 0 Å². The lowest BCUT2D eigenvalue weighted by Crippen LogP contribution is -2.45. The summed E-state index contributed by atoms with van der Waals surface area (Å²) in [6.45, 7) is 9.44. The van der Waals surface area contributed by atoms with E-state index in [1.165, 1.54) is 18.4 Å². The normalized spacial score (nSPS) is 21.5. The topological polar surface area (TPSA) is 66.1 Å². The average Bonchev–Trinajstić information content (AvgIpc) is 3.06. The van der Waals surface area contributed by atoms with Gasteiger partial charge in [0.05, 0.1) is 24.1 Å². The smallest absolute Gasteiger partial charge is 0.0710 e. The third-order valence-corrected chi connectivity index (χ3v) is 4.56. The summed E-state index contributed by atoms with van der Waals surface area (Å²) in [7, 11) is 0. The van der Waals surface area contributed by atoms with E-state index in [-0.39, 0.29) is 0 Å². The summed E-state index contributed by atoms with van der Waals surface area (Å²) in [6, 6.07) is 4.00. The Balaban J connectivity index is 1.35. The van der Waals surface area contributed by atoms with Crippen molar-refractivity contribution in [1.29, 1.82) is 0 Å². The molecule has 136 valence electrons. The fourth-order valence-corrected chi connectivity index (χ4v) is 3.48. The molecule has 0 bridgehead atoms. The summed E-state index contributed by atoms with van der Waals surface area (Å²) in [5.41, 5.74) is 3.31. The van der Waals surface area contributed by atoms with E-state index in [0.29, 0.717) is 12.2 Å². The number of ether oxygens (including phenoxy) is 1. The van der Waals surface area contributed by atoms with Gasteiger partial charge in [0.1, 0.15) is 0 Å². The first-order chi connectivity index (χ1) is 12.2. The molecule has 1 aliphatic heterocycles. The summed E-state index contributed by atoms with van der Waals surface area (Å²) in [4.78, 5) is 6.70. The fourth-order valence-electron chi connectivity index (χ4n) is 3.48. The van der Waals surface area contributed by atoms with E-state index >= 15 is 0 Å². The van der Waals surface area contributed by atoms with Crippen molar-refractivity contribution in [2.24, 2.45) is 0 Å². The first-order valence-electron chi connectivity index (χ1n) is 9.23. The Morgan fingerprint density at radius 3 is 2.84 bits per heavy atom. The number of morpholine rings is 1. The Hall–Kier alpha value is -1.76. The SMILES string of the molecule is C[C@@H]1CN(CCCCNCc2cn[nH]c2-c2cccnc2)C[C@H](C)O1. The molecule has 2 aromatic heterocycles. The molecule has 0 spiro atoms. The van der Waals surface area contributed by atoms with Gasteiger partial charge in [0.2, 0.25) is 0 Å². The maximum absolute atomic E-state index is 5.78. The number of hydrogen-bond donors (Lipinski definition) is 2. The Kier molecular flexibility index (Phi) is 6.55. The molecule has 1 aliphatic rings. The van der Waals surface area contributed by atoms with Crippen LogP contribution >= 0.6 is 0 Å². The molecule has 6 nitrogen and oxygen atoms in total. The standard InChI is InChI=1S/C19H29N5O/c1-15-13-24(14-16(2)25-15)9-4-3-7-20-11-18-12-22-23-19(18)17-6-5-8-21-10-17/h5-6,8,10,12,15-16,20H,3-4,7,9,11,13-14H2,1-2H3,(H,22,23)/t15-,16+. The largest absolute Gasteiger partial charge is 0.373 e. The summed E-state index contributed by atoms with van der Waals surface area (Å²) >= 11 is 0. The Labute approximate surface area is 150 Å². The second-order valence-electron chi connectivity index (χ2n) is 6.91. The molecule has 2 N–H and O–H groups in total. The molecular weight excluding hydrogens is 314 g/mol. The Bertz CT molecular complexity index is 620. The average molecular weight is 343 g/mol. The van der Waals surface area contributed by atoms with Crippen molar-refractivity contribution in [1.82, 2.24) is 25.4 Å². The second kappa shape index (κ2) is 9.08. The lowest BCUT2D eigenvalue weighted by atomic mass is 10.1. The number of aromatic nitrogens is 3. The van der Waals surface area contributed by atoms with E-state index in [0.717, 1.165) is 44.0 Å². The van der Waals surface area contributed by atoms with Gasteiger partial charge in [0.25, 0.3) is 0 Å². The first-order valence-corrected chi connectivity index (χ1v) is 9.23. The predicted molar refractivity (Wildman–Crippen MR) is 99.2 cm³/mol. The van der Waals surface area contributed by atoms with E-state index in [9.17, 15) is 0 Å². The number of nitrogens with one attached hydrogen (secondary N) is 2. The molecule has 2 atom stereocenters. The minimum absolute atomic E-state index is 0.355. The lowest BCUT2D eigenvalue weighted by Gasteiger charge is -2.35. The van der Waals surface area contributed by atoms with Crippen LogP contribution in [0.25, 0.3) is 11.3 Å². The van der Waals surface area contributed by atoms with Gasteiger partial charge in [-0.25, -0.2) is 0 Å². The summed E-state index contributed by atoms with van der Waals surface area (Å²) < 4.78 is 5.78. The van der Waals surface area contributed by atoms with Crippen LogP contribution in [-0.2, 0) is 11.3 Å². The van der Waals surface area contributed by atoms with Crippen molar-refractivity contribution in [2.45, 2.75) is 45.4 Å².